The number of benzene rings is 3. The maximum Gasteiger partial charge on any atom is 0.321 e. The van der Waals surface area contributed by atoms with Crippen LogP contribution in [0.3, 0.4) is 0 Å². The average Bonchev–Trinajstić information content (AvgIpc) is 2.98. The Labute approximate surface area is 243 Å². The minimum Gasteiger partial charge on any atom is -0.497 e. The summed E-state index contributed by atoms with van der Waals surface area (Å²) in [5.74, 6) is 7.66. The van der Waals surface area contributed by atoms with Crippen molar-refractivity contribution in [1.29, 1.82) is 0 Å². The molecular formula is C34H40N4O3. The molecule has 1 unspecified atom stereocenters. The van der Waals surface area contributed by atoms with Gasteiger partial charge in [0.25, 0.3) is 0 Å². The molecule has 2 amide bonds. The zero-order chi connectivity index (χ0) is 28.8. The first kappa shape index (κ1) is 28.7. The lowest BCUT2D eigenvalue weighted by atomic mass is 9.73. The zero-order valence-corrected chi connectivity index (χ0v) is 24.2. The van der Waals surface area contributed by atoms with E-state index < -0.39 is 0 Å². The number of nitrogens with zero attached hydrogens (tertiary/aromatic N) is 3. The van der Waals surface area contributed by atoms with Crippen LogP contribution in [0.25, 0.3) is 0 Å². The Balaban J connectivity index is 1.37. The van der Waals surface area contributed by atoms with E-state index >= 15 is 0 Å². The van der Waals surface area contributed by atoms with Crippen molar-refractivity contribution < 1.29 is 14.6 Å². The van der Waals surface area contributed by atoms with Crippen LogP contribution in [0.15, 0.2) is 78.9 Å². The minimum absolute atomic E-state index is 0.116. The van der Waals surface area contributed by atoms with E-state index in [4.69, 9.17) is 4.74 Å². The average molecular weight is 553 g/mol. The number of fused-ring (bicyclic) bond motifs is 1. The summed E-state index contributed by atoms with van der Waals surface area (Å²) in [7, 11) is 5.84. The third kappa shape index (κ3) is 6.91. The lowest BCUT2D eigenvalue weighted by molar-refractivity contribution is -0.0623. The highest BCUT2D eigenvalue weighted by Crippen LogP contribution is 2.43. The van der Waals surface area contributed by atoms with Crippen LogP contribution in [-0.2, 0) is 0 Å². The molecule has 2 heterocycles. The second-order valence-electron chi connectivity index (χ2n) is 11.3. The molecule has 2 aliphatic heterocycles. The van der Waals surface area contributed by atoms with Gasteiger partial charge in [0.1, 0.15) is 5.75 Å². The lowest BCUT2D eigenvalue weighted by Crippen LogP contribution is -2.70. The first-order valence-corrected chi connectivity index (χ1v) is 14.3. The van der Waals surface area contributed by atoms with Gasteiger partial charge in [-0.05, 0) is 80.5 Å². The van der Waals surface area contributed by atoms with E-state index in [1.807, 2.05) is 59.5 Å². The van der Waals surface area contributed by atoms with Gasteiger partial charge in [0.2, 0.25) is 0 Å². The number of nitrogens with one attached hydrogen (secondary N) is 1. The molecule has 7 nitrogen and oxygen atoms in total. The number of amides is 2. The summed E-state index contributed by atoms with van der Waals surface area (Å²) < 4.78 is 5.25. The van der Waals surface area contributed by atoms with Crippen molar-refractivity contribution in [3.8, 4) is 17.6 Å². The number of carbonyl (C=O) groups excluding carboxylic acids is 1. The Hall–Kier alpha value is -3.83. The Morgan fingerprint density at radius 2 is 1.66 bits per heavy atom. The van der Waals surface area contributed by atoms with Crippen molar-refractivity contribution in [2.24, 2.45) is 5.92 Å². The molecule has 0 aromatic heterocycles. The molecule has 5 rings (SSSR count). The fraction of sp³-hybridized carbons (Fsp3) is 0.382. The number of aliphatic hydroxyl groups excluding tert-OH is 1. The molecule has 0 spiro atoms. The highest BCUT2D eigenvalue weighted by molar-refractivity contribution is 5.89. The highest BCUT2D eigenvalue weighted by Gasteiger charge is 2.50. The number of rotatable bonds is 6. The Kier molecular flexibility index (Phi) is 9.25. The molecule has 0 saturated carbocycles. The van der Waals surface area contributed by atoms with Crippen molar-refractivity contribution >= 4 is 11.7 Å². The summed E-state index contributed by atoms with van der Waals surface area (Å²) >= 11 is 0. The summed E-state index contributed by atoms with van der Waals surface area (Å²) in [6.07, 6.45) is 0.768. The summed E-state index contributed by atoms with van der Waals surface area (Å²) in [5, 5.41) is 13.2. The van der Waals surface area contributed by atoms with Crippen molar-refractivity contribution in [3.05, 3.63) is 95.6 Å². The maximum absolute atomic E-state index is 13.5. The summed E-state index contributed by atoms with van der Waals surface area (Å²) in [4.78, 5) is 20.1. The second-order valence-corrected chi connectivity index (χ2v) is 11.3. The quantitative estimate of drug-likeness (QED) is 0.446. The predicted octanol–water partition coefficient (Wildman–Crippen LogP) is 4.34. The Morgan fingerprint density at radius 1 is 0.976 bits per heavy atom. The Bertz CT molecular complexity index is 1350. The van der Waals surface area contributed by atoms with Crippen molar-refractivity contribution in [3.63, 3.8) is 0 Å². The maximum atomic E-state index is 13.5. The number of anilines is 1. The molecule has 2 aliphatic rings. The summed E-state index contributed by atoms with van der Waals surface area (Å²) in [6.45, 7) is 3.10. The van der Waals surface area contributed by atoms with Gasteiger partial charge in [-0.2, -0.15) is 0 Å². The van der Waals surface area contributed by atoms with E-state index in [-0.39, 0.29) is 30.5 Å². The molecule has 0 radical (unpaired) electrons. The second kappa shape index (κ2) is 13.2. The minimum atomic E-state index is -0.116. The van der Waals surface area contributed by atoms with E-state index in [1.54, 1.807) is 7.11 Å². The van der Waals surface area contributed by atoms with E-state index in [0.29, 0.717) is 19.1 Å². The van der Waals surface area contributed by atoms with Crippen LogP contribution >= 0.6 is 0 Å². The molecule has 41 heavy (non-hydrogen) atoms. The number of aliphatic hydroxyl groups is 1. The van der Waals surface area contributed by atoms with Crippen LogP contribution in [0.4, 0.5) is 10.5 Å². The van der Waals surface area contributed by atoms with E-state index in [1.165, 1.54) is 5.56 Å². The molecule has 4 atom stereocenters. The van der Waals surface area contributed by atoms with Crippen LogP contribution in [0.2, 0.25) is 0 Å². The van der Waals surface area contributed by atoms with Crippen molar-refractivity contribution in [2.45, 2.75) is 24.4 Å². The van der Waals surface area contributed by atoms with Gasteiger partial charge >= 0.3 is 6.03 Å². The van der Waals surface area contributed by atoms with Crippen LogP contribution in [0.1, 0.15) is 29.0 Å². The van der Waals surface area contributed by atoms with Crippen LogP contribution in [0.5, 0.6) is 5.75 Å². The molecule has 0 bridgehead atoms. The van der Waals surface area contributed by atoms with Gasteiger partial charge in [0, 0.05) is 67.6 Å². The van der Waals surface area contributed by atoms with Gasteiger partial charge in [0.05, 0.1) is 7.11 Å². The van der Waals surface area contributed by atoms with Gasteiger partial charge < -0.3 is 25.0 Å². The highest BCUT2D eigenvalue weighted by atomic mass is 16.5. The molecule has 3 aromatic carbocycles. The lowest BCUT2D eigenvalue weighted by Gasteiger charge is -2.59. The number of hydrogen-bond donors (Lipinski definition) is 2. The van der Waals surface area contributed by atoms with Crippen molar-refractivity contribution in [2.75, 3.05) is 59.3 Å². The number of methoxy groups -OCH3 is 1. The van der Waals surface area contributed by atoms with Crippen LogP contribution in [-0.4, -0.2) is 91.9 Å². The predicted molar refractivity (Wildman–Crippen MR) is 163 cm³/mol. The van der Waals surface area contributed by atoms with Crippen LogP contribution < -0.4 is 10.1 Å². The first-order valence-electron chi connectivity index (χ1n) is 14.3. The number of hydrogen-bond acceptors (Lipinski definition) is 5. The molecule has 3 aromatic rings. The number of ether oxygens (including phenoxy) is 1. The topological polar surface area (TPSA) is 68.3 Å². The van der Waals surface area contributed by atoms with Gasteiger partial charge in [-0.15, -0.1) is 0 Å². The number of likely N-dealkylation sites (N-methyl/N-ethyl adjacent to an activating group) is 1. The third-order valence-corrected chi connectivity index (χ3v) is 8.22. The SMILES string of the molecule is COc1ccc(NC(=O)N2CCC(CO)CN3[C@H](CN(C)C)[C@H](c4ccc(C#Cc5ccccc5)cc4)[C@@H]3C2)cc1. The van der Waals surface area contributed by atoms with Crippen LogP contribution in [0, 0.1) is 17.8 Å². The number of urea groups is 1. The first-order chi connectivity index (χ1) is 19.9. The van der Waals surface area contributed by atoms with E-state index in [2.05, 4.69) is 65.3 Å². The van der Waals surface area contributed by atoms with Crippen molar-refractivity contribution in [1.82, 2.24) is 14.7 Å². The summed E-state index contributed by atoms with van der Waals surface area (Å²) in [5.41, 5.74) is 3.98. The summed E-state index contributed by atoms with van der Waals surface area (Å²) in [6, 6.07) is 26.4. The standard InChI is InChI=1S/C34H40N4O3/c1-36(2)22-31-33(28-13-11-26(12-14-28)10-9-25-7-5-4-6-8-25)32-23-37(20-19-27(24-39)21-38(31)32)34(40)35-29-15-17-30(41-3)18-16-29/h4-8,11-18,27,31-33,39H,19-24H2,1-3H3,(H,35,40)/t27?,31-,32+,33+/m1/s1. The number of carbonyl (C=O) groups is 1. The fourth-order valence-electron chi connectivity index (χ4n) is 6.05. The molecular weight excluding hydrogens is 512 g/mol. The van der Waals surface area contributed by atoms with E-state index in [0.717, 1.165) is 42.1 Å². The fourth-order valence-corrected chi connectivity index (χ4v) is 6.05. The van der Waals surface area contributed by atoms with E-state index in [9.17, 15) is 9.90 Å². The third-order valence-electron chi connectivity index (χ3n) is 8.22. The zero-order valence-electron chi connectivity index (χ0n) is 24.2. The molecule has 7 heteroatoms. The molecule has 214 valence electrons. The molecule has 2 saturated heterocycles. The smallest absolute Gasteiger partial charge is 0.321 e. The monoisotopic (exact) mass is 552 g/mol. The molecule has 2 fully saturated rings. The van der Waals surface area contributed by atoms with Gasteiger partial charge in [-0.1, -0.05) is 42.2 Å². The normalized spacial score (nSPS) is 22.4. The molecule has 0 aliphatic carbocycles. The van der Waals surface area contributed by atoms with Gasteiger partial charge in [-0.3, -0.25) is 4.90 Å². The Morgan fingerprint density at radius 3 is 2.29 bits per heavy atom. The van der Waals surface area contributed by atoms with Gasteiger partial charge in [0.15, 0.2) is 0 Å². The van der Waals surface area contributed by atoms with Gasteiger partial charge in [-0.25, -0.2) is 4.79 Å². The molecule has 2 N–H and O–H groups in total. The largest absolute Gasteiger partial charge is 0.497 e.